The Kier molecular flexibility index (Phi) is 4.82. The number of hydrogen-bond donors (Lipinski definition) is 2. The molecule has 106 valence electrons. The van der Waals surface area contributed by atoms with Crippen molar-refractivity contribution in [3.05, 3.63) is 70.8 Å². The fourth-order valence-corrected chi connectivity index (χ4v) is 2.29. The standard InChI is InChI=1S/C16H18F2N2/c1-2-3-11-4-6-12(7-5-11)16(20-19)13-8-14(17)10-15(18)9-13/h4-10,16,20H,2-3,19H2,1H3. The van der Waals surface area contributed by atoms with E-state index in [1.165, 1.54) is 17.7 Å². The van der Waals surface area contributed by atoms with Crippen molar-refractivity contribution >= 4 is 0 Å². The monoisotopic (exact) mass is 276 g/mol. The molecular formula is C16H18F2N2. The molecule has 0 aliphatic carbocycles. The summed E-state index contributed by atoms with van der Waals surface area (Å²) in [6.07, 6.45) is 2.09. The fraction of sp³-hybridized carbons (Fsp3) is 0.250. The van der Waals surface area contributed by atoms with Gasteiger partial charge < -0.3 is 0 Å². The number of aryl methyl sites for hydroxylation is 1. The molecule has 0 aliphatic rings. The van der Waals surface area contributed by atoms with Crippen LogP contribution in [0.1, 0.15) is 36.1 Å². The smallest absolute Gasteiger partial charge is 0.126 e. The Morgan fingerprint density at radius 2 is 1.60 bits per heavy atom. The van der Waals surface area contributed by atoms with Crippen LogP contribution in [0.5, 0.6) is 0 Å². The van der Waals surface area contributed by atoms with E-state index in [0.29, 0.717) is 5.56 Å². The van der Waals surface area contributed by atoms with Crippen LogP contribution in [0.2, 0.25) is 0 Å². The molecule has 2 aromatic carbocycles. The second-order valence-electron chi connectivity index (χ2n) is 4.79. The molecule has 0 bridgehead atoms. The van der Waals surface area contributed by atoms with Gasteiger partial charge in [0, 0.05) is 6.07 Å². The van der Waals surface area contributed by atoms with Crippen molar-refractivity contribution in [2.75, 3.05) is 0 Å². The molecule has 2 aromatic rings. The highest BCUT2D eigenvalue weighted by molar-refractivity contribution is 5.34. The van der Waals surface area contributed by atoms with Gasteiger partial charge in [0.2, 0.25) is 0 Å². The van der Waals surface area contributed by atoms with Gasteiger partial charge in [0.05, 0.1) is 6.04 Å². The summed E-state index contributed by atoms with van der Waals surface area (Å²) in [6.45, 7) is 2.12. The zero-order valence-corrected chi connectivity index (χ0v) is 11.4. The summed E-state index contributed by atoms with van der Waals surface area (Å²) < 4.78 is 26.6. The molecule has 0 spiro atoms. The Morgan fingerprint density at radius 1 is 1.00 bits per heavy atom. The number of nitrogens with two attached hydrogens (primary N) is 1. The van der Waals surface area contributed by atoms with Crippen LogP contribution in [-0.4, -0.2) is 0 Å². The van der Waals surface area contributed by atoms with Crippen LogP contribution in [-0.2, 0) is 6.42 Å². The van der Waals surface area contributed by atoms with Crippen molar-refractivity contribution in [1.82, 2.24) is 5.43 Å². The zero-order chi connectivity index (χ0) is 14.5. The van der Waals surface area contributed by atoms with Gasteiger partial charge in [-0.1, -0.05) is 37.6 Å². The lowest BCUT2D eigenvalue weighted by molar-refractivity contribution is 0.566. The number of hydrogen-bond acceptors (Lipinski definition) is 2. The quantitative estimate of drug-likeness (QED) is 0.648. The van der Waals surface area contributed by atoms with E-state index >= 15 is 0 Å². The minimum Gasteiger partial charge on any atom is -0.271 e. The SMILES string of the molecule is CCCc1ccc(C(NN)c2cc(F)cc(F)c2)cc1. The summed E-state index contributed by atoms with van der Waals surface area (Å²) in [6, 6.07) is 10.9. The highest BCUT2D eigenvalue weighted by Crippen LogP contribution is 2.23. The molecule has 2 rings (SSSR count). The highest BCUT2D eigenvalue weighted by atomic mass is 19.1. The van der Waals surface area contributed by atoms with E-state index in [1.807, 2.05) is 24.3 Å². The maximum atomic E-state index is 13.3. The van der Waals surface area contributed by atoms with E-state index in [-0.39, 0.29) is 0 Å². The minimum absolute atomic E-state index is 0.434. The van der Waals surface area contributed by atoms with E-state index in [0.717, 1.165) is 24.5 Å². The fourth-order valence-electron chi connectivity index (χ4n) is 2.29. The van der Waals surface area contributed by atoms with Crippen molar-refractivity contribution < 1.29 is 8.78 Å². The van der Waals surface area contributed by atoms with Gasteiger partial charge in [-0.15, -0.1) is 0 Å². The Labute approximate surface area is 117 Å². The van der Waals surface area contributed by atoms with Crippen molar-refractivity contribution in [3.8, 4) is 0 Å². The third-order valence-electron chi connectivity index (χ3n) is 3.24. The van der Waals surface area contributed by atoms with Gasteiger partial charge in [0.15, 0.2) is 0 Å². The van der Waals surface area contributed by atoms with Crippen LogP contribution in [0.25, 0.3) is 0 Å². The summed E-state index contributed by atoms with van der Waals surface area (Å²) in [5.41, 5.74) is 5.18. The molecule has 0 saturated carbocycles. The molecule has 0 aromatic heterocycles. The third kappa shape index (κ3) is 3.40. The van der Waals surface area contributed by atoms with Crippen molar-refractivity contribution in [3.63, 3.8) is 0 Å². The first-order chi connectivity index (χ1) is 9.63. The van der Waals surface area contributed by atoms with Crippen molar-refractivity contribution in [2.24, 2.45) is 5.84 Å². The number of nitrogens with one attached hydrogen (secondary N) is 1. The van der Waals surface area contributed by atoms with Gasteiger partial charge in [0.1, 0.15) is 11.6 Å². The molecule has 0 fully saturated rings. The van der Waals surface area contributed by atoms with Gasteiger partial charge in [-0.25, -0.2) is 14.2 Å². The molecule has 0 heterocycles. The number of hydrazine groups is 1. The van der Waals surface area contributed by atoms with Gasteiger partial charge in [-0.3, -0.25) is 5.84 Å². The first-order valence-corrected chi connectivity index (χ1v) is 6.65. The van der Waals surface area contributed by atoms with Gasteiger partial charge in [-0.2, -0.15) is 0 Å². The van der Waals surface area contributed by atoms with Crippen LogP contribution in [0.15, 0.2) is 42.5 Å². The summed E-state index contributed by atoms with van der Waals surface area (Å²) in [5, 5.41) is 0. The lowest BCUT2D eigenvalue weighted by Gasteiger charge is -2.17. The number of rotatable bonds is 5. The topological polar surface area (TPSA) is 38.0 Å². The minimum atomic E-state index is -0.608. The first-order valence-electron chi connectivity index (χ1n) is 6.65. The van der Waals surface area contributed by atoms with Gasteiger partial charge in [-0.05, 0) is 35.2 Å². The molecule has 3 N–H and O–H groups in total. The molecular weight excluding hydrogens is 258 g/mol. The van der Waals surface area contributed by atoms with E-state index in [2.05, 4.69) is 12.3 Å². The van der Waals surface area contributed by atoms with E-state index < -0.39 is 17.7 Å². The van der Waals surface area contributed by atoms with E-state index in [1.54, 1.807) is 0 Å². The molecule has 0 amide bonds. The predicted molar refractivity (Wildman–Crippen MR) is 76.0 cm³/mol. The van der Waals surface area contributed by atoms with Crippen molar-refractivity contribution in [1.29, 1.82) is 0 Å². The van der Waals surface area contributed by atoms with Crippen LogP contribution in [0, 0.1) is 11.6 Å². The second-order valence-corrected chi connectivity index (χ2v) is 4.79. The molecule has 1 unspecified atom stereocenters. The maximum absolute atomic E-state index is 13.3. The van der Waals surface area contributed by atoms with Crippen LogP contribution < -0.4 is 11.3 Å². The van der Waals surface area contributed by atoms with Crippen LogP contribution in [0.4, 0.5) is 8.78 Å². The molecule has 0 radical (unpaired) electrons. The third-order valence-corrected chi connectivity index (χ3v) is 3.24. The van der Waals surface area contributed by atoms with Crippen LogP contribution >= 0.6 is 0 Å². The Morgan fingerprint density at radius 3 is 2.10 bits per heavy atom. The van der Waals surface area contributed by atoms with Crippen LogP contribution in [0.3, 0.4) is 0 Å². The summed E-state index contributed by atoms with van der Waals surface area (Å²) in [5.74, 6) is 4.32. The first kappa shape index (κ1) is 14.6. The lowest BCUT2D eigenvalue weighted by Crippen LogP contribution is -2.29. The normalized spacial score (nSPS) is 12.4. The molecule has 0 saturated heterocycles. The molecule has 4 heteroatoms. The molecule has 2 nitrogen and oxygen atoms in total. The lowest BCUT2D eigenvalue weighted by atomic mass is 9.97. The number of halogens is 2. The van der Waals surface area contributed by atoms with Crippen molar-refractivity contribution in [2.45, 2.75) is 25.8 Å². The number of benzene rings is 2. The zero-order valence-electron chi connectivity index (χ0n) is 11.4. The predicted octanol–water partition coefficient (Wildman–Crippen LogP) is 3.47. The van der Waals surface area contributed by atoms with Gasteiger partial charge in [0.25, 0.3) is 0 Å². The van der Waals surface area contributed by atoms with E-state index in [4.69, 9.17) is 5.84 Å². The van der Waals surface area contributed by atoms with E-state index in [9.17, 15) is 8.78 Å². The maximum Gasteiger partial charge on any atom is 0.126 e. The summed E-state index contributed by atoms with van der Waals surface area (Å²) >= 11 is 0. The van der Waals surface area contributed by atoms with Gasteiger partial charge >= 0.3 is 0 Å². The Hall–Kier alpha value is -1.78. The second kappa shape index (κ2) is 6.59. The largest absolute Gasteiger partial charge is 0.271 e. The molecule has 1 atom stereocenters. The molecule has 0 aliphatic heterocycles. The molecule has 20 heavy (non-hydrogen) atoms. The average molecular weight is 276 g/mol. The highest BCUT2D eigenvalue weighted by Gasteiger charge is 2.14. The Bertz CT molecular complexity index is 547. The Balaban J connectivity index is 2.31. The average Bonchev–Trinajstić information content (AvgIpc) is 2.41. The summed E-state index contributed by atoms with van der Waals surface area (Å²) in [4.78, 5) is 0. The summed E-state index contributed by atoms with van der Waals surface area (Å²) in [7, 11) is 0.